The maximum atomic E-state index is 14.0. The van der Waals surface area contributed by atoms with Crippen molar-refractivity contribution >= 4 is 28.5 Å². The average Bonchev–Trinajstić information content (AvgIpc) is 3.33. The van der Waals surface area contributed by atoms with Crippen molar-refractivity contribution in [1.82, 2.24) is 34.7 Å². The zero-order valence-electron chi connectivity index (χ0n) is 24.4. The van der Waals surface area contributed by atoms with Crippen molar-refractivity contribution in [1.29, 1.82) is 0 Å². The van der Waals surface area contributed by atoms with E-state index in [-0.39, 0.29) is 24.1 Å². The second-order valence-corrected chi connectivity index (χ2v) is 10.2. The summed E-state index contributed by atoms with van der Waals surface area (Å²) in [4.78, 5) is 52.3. The molecule has 0 aliphatic rings. The Morgan fingerprint density at radius 1 is 1.05 bits per heavy atom. The van der Waals surface area contributed by atoms with Crippen LogP contribution in [0.2, 0.25) is 0 Å². The molecule has 3 heterocycles. The topological polar surface area (TPSA) is 136 Å². The third-order valence-corrected chi connectivity index (χ3v) is 7.18. The van der Waals surface area contributed by atoms with Crippen LogP contribution in [0.3, 0.4) is 0 Å². The summed E-state index contributed by atoms with van der Waals surface area (Å²) in [6, 6.07) is 12.6. The van der Waals surface area contributed by atoms with Gasteiger partial charge in [0.05, 0.1) is 35.7 Å². The van der Waals surface area contributed by atoms with Gasteiger partial charge in [0.2, 0.25) is 5.91 Å². The molecular weight excluding hydrogens is 551 g/mol. The van der Waals surface area contributed by atoms with Gasteiger partial charge in [0.1, 0.15) is 17.5 Å². The Bertz CT molecular complexity index is 1930. The van der Waals surface area contributed by atoms with Crippen molar-refractivity contribution in [3.05, 3.63) is 99.7 Å². The number of nitrogens with zero attached hydrogens (tertiary/aromatic N) is 5. The first-order chi connectivity index (χ1) is 20.6. The largest absolute Gasteiger partial charge is 0.355 e. The van der Waals surface area contributed by atoms with Crippen LogP contribution in [0.1, 0.15) is 34.4 Å². The molecule has 0 saturated carbocycles. The van der Waals surface area contributed by atoms with Crippen LogP contribution in [0.25, 0.3) is 28.0 Å². The van der Waals surface area contributed by atoms with E-state index in [2.05, 4.69) is 30.9 Å². The monoisotopic (exact) mass is 582 g/mol. The molecule has 2 aromatic carbocycles. The third kappa shape index (κ3) is 5.90. The Hall–Kier alpha value is -5.23. The average molecular weight is 583 g/mol. The fourth-order valence-electron chi connectivity index (χ4n) is 4.82. The summed E-state index contributed by atoms with van der Waals surface area (Å²) >= 11 is 0. The van der Waals surface area contributed by atoms with Gasteiger partial charge in [-0.15, -0.1) is 0 Å². The summed E-state index contributed by atoms with van der Waals surface area (Å²) in [7, 11) is 3.18. The van der Waals surface area contributed by atoms with Gasteiger partial charge in [-0.2, -0.15) is 0 Å². The summed E-state index contributed by atoms with van der Waals surface area (Å²) in [5.41, 5.74) is 3.03. The molecule has 0 bridgehead atoms. The minimum atomic E-state index is -0.557. The number of likely N-dealkylation sites (N-methyl/N-ethyl adjacent to an activating group) is 1. The minimum absolute atomic E-state index is 0.00844. The maximum absolute atomic E-state index is 14.0. The summed E-state index contributed by atoms with van der Waals surface area (Å²) in [6.45, 7) is 5.32. The highest BCUT2D eigenvalue weighted by Crippen LogP contribution is 2.26. The van der Waals surface area contributed by atoms with Crippen LogP contribution in [0.15, 0.2) is 65.7 Å². The number of rotatable bonds is 8. The molecule has 3 aromatic heterocycles. The first-order valence-corrected chi connectivity index (χ1v) is 13.6. The van der Waals surface area contributed by atoms with E-state index in [1.165, 1.54) is 29.9 Å². The van der Waals surface area contributed by atoms with E-state index in [9.17, 15) is 18.8 Å². The van der Waals surface area contributed by atoms with Gasteiger partial charge in [0.25, 0.3) is 11.5 Å². The smallest absolute Gasteiger partial charge is 0.294 e. The fourth-order valence-corrected chi connectivity index (χ4v) is 4.82. The molecule has 0 aliphatic heterocycles. The van der Waals surface area contributed by atoms with E-state index in [1.54, 1.807) is 57.3 Å². The lowest BCUT2D eigenvalue weighted by Crippen LogP contribution is -2.38. The van der Waals surface area contributed by atoms with Crippen LogP contribution < -0.4 is 21.5 Å². The predicted octanol–water partition coefficient (Wildman–Crippen LogP) is 3.35. The van der Waals surface area contributed by atoms with E-state index in [1.807, 2.05) is 17.7 Å². The van der Waals surface area contributed by atoms with Crippen molar-refractivity contribution in [2.75, 3.05) is 19.4 Å². The zero-order valence-corrected chi connectivity index (χ0v) is 24.4. The number of carbonyl (C=O) groups is 2. The summed E-state index contributed by atoms with van der Waals surface area (Å²) in [6.07, 6.45) is 3.36. The molecule has 5 rings (SSSR count). The first-order valence-electron chi connectivity index (χ1n) is 13.6. The number of hydrogen-bond acceptors (Lipinski definition) is 7. The Kier molecular flexibility index (Phi) is 8.13. The molecule has 43 heavy (non-hydrogen) atoms. The highest BCUT2D eigenvalue weighted by atomic mass is 19.1. The van der Waals surface area contributed by atoms with Gasteiger partial charge in [-0.25, -0.2) is 19.3 Å². The molecule has 12 heteroatoms. The van der Waals surface area contributed by atoms with Crippen molar-refractivity contribution in [3.63, 3.8) is 0 Å². The lowest BCUT2D eigenvalue weighted by Gasteiger charge is -2.17. The van der Waals surface area contributed by atoms with Gasteiger partial charge in [-0.3, -0.25) is 19.0 Å². The molecule has 3 N–H and O–H groups in total. The Balaban J connectivity index is 1.64. The van der Waals surface area contributed by atoms with E-state index in [4.69, 9.17) is 0 Å². The van der Waals surface area contributed by atoms with Gasteiger partial charge in [0, 0.05) is 35.8 Å². The van der Waals surface area contributed by atoms with Crippen LogP contribution in [-0.2, 0) is 11.3 Å². The normalized spacial score (nSPS) is 11.9. The highest BCUT2D eigenvalue weighted by Gasteiger charge is 2.19. The SMILES string of the molecule is CNC(=O)c1cccc(-c2cnc(NC(=O)[C@H](C)NC)c(=O)n2Cc2cc(-n3cc(C)c4cc(F)ccc43)nc(C)n2)c1. The van der Waals surface area contributed by atoms with Gasteiger partial charge in [-0.05, 0) is 63.7 Å². The van der Waals surface area contributed by atoms with Crippen LogP contribution in [0.4, 0.5) is 10.2 Å². The predicted molar refractivity (Wildman–Crippen MR) is 162 cm³/mol. The highest BCUT2D eigenvalue weighted by molar-refractivity contribution is 5.95. The summed E-state index contributed by atoms with van der Waals surface area (Å²) < 4.78 is 17.3. The van der Waals surface area contributed by atoms with Crippen molar-refractivity contribution in [2.24, 2.45) is 0 Å². The van der Waals surface area contributed by atoms with E-state index in [0.29, 0.717) is 34.2 Å². The number of aromatic nitrogens is 5. The second kappa shape index (κ2) is 11.9. The van der Waals surface area contributed by atoms with Crippen LogP contribution in [0.5, 0.6) is 0 Å². The van der Waals surface area contributed by atoms with Crippen LogP contribution in [-0.4, -0.2) is 56.0 Å². The third-order valence-electron chi connectivity index (χ3n) is 7.18. The van der Waals surface area contributed by atoms with E-state index < -0.39 is 17.5 Å². The van der Waals surface area contributed by atoms with E-state index in [0.717, 1.165) is 16.5 Å². The second-order valence-electron chi connectivity index (χ2n) is 10.2. The zero-order chi connectivity index (χ0) is 30.8. The summed E-state index contributed by atoms with van der Waals surface area (Å²) in [5, 5.41) is 8.80. The molecule has 0 fully saturated rings. The lowest BCUT2D eigenvalue weighted by molar-refractivity contribution is -0.117. The van der Waals surface area contributed by atoms with Crippen molar-refractivity contribution in [2.45, 2.75) is 33.4 Å². The molecule has 0 saturated heterocycles. The number of halogens is 1. The molecule has 2 amide bonds. The van der Waals surface area contributed by atoms with Crippen molar-refractivity contribution in [3.8, 4) is 17.1 Å². The van der Waals surface area contributed by atoms with E-state index >= 15 is 0 Å². The molecule has 11 nitrogen and oxygen atoms in total. The molecule has 0 radical (unpaired) electrons. The Morgan fingerprint density at radius 2 is 1.84 bits per heavy atom. The molecule has 220 valence electrons. The number of amides is 2. The van der Waals surface area contributed by atoms with Gasteiger partial charge >= 0.3 is 0 Å². The van der Waals surface area contributed by atoms with Gasteiger partial charge in [-0.1, -0.05) is 12.1 Å². The Morgan fingerprint density at radius 3 is 2.58 bits per heavy atom. The molecule has 5 aromatic rings. The number of anilines is 1. The minimum Gasteiger partial charge on any atom is -0.355 e. The van der Waals surface area contributed by atoms with Gasteiger partial charge < -0.3 is 20.5 Å². The number of fused-ring (bicyclic) bond motifs is 1. The standard InChI is InChI=1S/C31H31FN8O3/c1-17-15-39(25-10-9-22(32)12-24(17)25)27-13-23(36-19(3)37-27)16-40-26(20-7-6-8-21(11-20)30(42)34-5)14-35-28(31(40)43)38-29(41)18(2)33-4/h6-15,18,33H,16H2,1-5H3,(H,34,42)(H,35,38,41)/t18-/m0/s1. The molecule has 0 aliphatic carbocycles. The van der Waals surface area contributed by atoms with Gasteiger partial charge in [0.15, 0.2) is 5.82 Å². The fraction of sp³-hybridized carbons (Fsp3) is 0.226. The molecular formula is C31H31FN8O3. The quantitative estimate of drug-likeness (QED) is 0.255. The Labute approximate surface area is 246 Å². The molecule has 0 unspecified atom stereocenters. The van der Waals surface area contributed by atoms with Crippen LogP contribution >= 0.6 is 0 Å². The number of aryl methyl sites for hydroxylation is 2. The molecule has 0 spiro atoms. The number of carbonyl (C=O) groups excluding carboxylic acids is 2. The van der Waals surface area contributed by atoms with Crippen LogP contribution in [0, 0.1) is 19.7 Å². The van der Waals surface area contributed by atoms with Crippen molar-refractivity contribution < 1.29 is 14.0 Å². The number of hydrogen-bond donors (Lipinski definition) is 3. The maximum Gasteiger partial charge on any atom is 0.294 e. The lowest BCUT2D eigenvalue weighted by atomic mass is 10.1. The summed E-state index contributed by atoms with van der Waals surface area (Å²) in [5.74, 6) is -0.147. The number of nitrogens with one attached hydrogen (secondary N) is 3. The first kappa shape index (κ1) is 29.3. The molecule has 1 atom stereocenters. The number of benzene rings is 2.